The predicted molar refractivity (Wildman–Crippen MR) is 95.2 cm³/mol. The van der Waals surface area contributed by atoms with Gasteiger partial charge in [-0.1, -0.05) is 30.8 Å². The molecule has 2 unspecified atom stereocenters. The van der Waals surface area contributed by atoms with Crippen LogP contribution in [0.2, 0.25) is 0 Å². The number of nitrogens with one attached hydrogen (secondary N) is 1. The zero-order valence-corrected chi connectivity index (χ0v) is 15.0. The number of carbonyl (C=O) groups excluding carboxylic acids is 1. The average molecular weight is 349 g/mol. The molecule has 0 radical (unpaired) electrons. The first kappa shape index (κ1) is 18.3. The van der Waals surface area contributed by atoms with Crippen molar-refractivity contribution >= 4 is 34.7 Å². The Labute approximate surface area is 145 Å². The summed E-state index contributed by atoms with van der Waals surface area (Å²) in [4.78, 5) is 28.6. The van der Waals surface area contributed by atoms with Crippen LogP contribution in [0.15, 0.2) is 29.4 Å². The lowest BCUT2D eigenvalue weighted by Gasteiger charge is -2.21. The zero-order chi connectivity index (χ0) is 17.7. The van der Waals surface area contributed by atoms with Crippen molar-refractivity contribution in [2.24, 2.45) is 5.92 Å². The van der Waals surface area contributed by atoms with Crippen molar-refractivity contribution in [3.63, 3.8) is 0 Å². The van der Waals surface area contributed by atoms with Gasteiger partial charge in [0, 0.05) is 13.1 Å². The van der Waals surface area contributed by atoms with Crippen molar-refractivity contribution in [3.8, 4) is 0 Å². The molecule has 1 aromatic heterocycles. The number of hydrogen-bond donors (Lipinski definition) is 2. The molecule has 1 aromatic carbocycles. The molecule has 0 fully saturated rings. The summed E-state index contributed by atoms with van der Waals surface area (Å²) < 4.78 is 2.01. The summed E-state index contributed by atoms with van der Waals surface area (Å²) in [6.07, 6.45) is 0.385. The molecule has 0 aliphatic carbocycles. The maximum Gasteiger partial charge on any atom is 0.308 e. The highest BCUT2D eigenvalue weighted by molar-refractivity contribution is 8.00. The largest absolute Gasteiger partial charge is 0.481 e. The molecule has 2 rings (SSSR count). The van der Waals surface area contributed by atoms with E-state index in [4.69, 9.17) is 0 Å². The summed E-state index contributed by atoms with van der Waals surface area (Å²) in [5.74, 6) is -1.97. The Balaban J connectivity index is 2.42. The minimum atomic E-state index is -0.958. The first-order valence-corrected chi connectivity index (χ1v) is 9.03. The second kappa shape index (κ2) is 8.19. The maximum atomic E-state index is 12.4. The van der Waals surface area contributed by atoms with Gasteiger partial charge in [-0.05, 0) is 32.4 Å². The molecule has 2 N–H and O–H groups in total. The number of nitrogens with zero attached hydrogens (tertiary/aromatic N) is 2. The second-order valence-electron chi connectivity index (χ2n) is 5.41. The molecule has 0 saturated carbocycles. The van der Waals surface area contributed by atoms with Gasteiger partial charge in [0.05, 0.1) is 17.0 Å². The summed E-state index contributed by atoms with van der Waals surface area (Å²) >= 11 is 1.23. The van der Waals surface area contributed by atoms with E-state index in [1.807, 2.05) is 42.7 Å². The molecule has 2 atom stereocenters. The highest BCUT2D eigenvalue weighted by atomic mass is 32.2. The van der Waals surface area contributed by atoms with Gasteiger partial charge < -0.3 is 15.0 Å². The van der Waals surface area contributed by atoms with E-state index in [9.17, 15) is 14.7 Å². The van der Waals surface area contributed by atoms with Crippen LogP contribution in [-0.2, 0) is 16.1 Å². The number of aryl methyl sites for hydroxylation is 1. The molecule has 0 saturated heterocycles. The first-order chi connectivity index (χ1) is 11.5. The molecule has 1 amide bonds. The summed E-state index contributed by atoms with van der Waals surface area (Å²) in [7, 11) is 0. The molecule has 0 bridgehead atoms. The fraction of sp³-hybridized carbons (Fsp3) is 0.471. The van der Waals surface area contributed by atoms with Crippen molar-refractivity contribution in [3.05, 3.63) is 24.3 Å². The average Bonchev–Trinajstić information content (AvgIpc) is 2.91. The zero-order valence-electron chi connectivity index (χ0n) is 14.2. The molecule has 130 valence electrons. The number of thioether (sulfide) groups is 1. The van der Waals surface area contributed by atoms with Crippen LogP contribution in [0, 0.1) is 5.92 Å². The molecule has 1 heterocycles. The predicted octanol–water partition coefficient (Wildman–Crippen LogP) is 2.76. The SMILES string of the molecule is CCNC(=O)C(Sc1nc2ccccc2n1CC)C(CC)C(=O)O. The van der Waals surface area contributed by atoms with Crippen LogP contribution in [0.3, 0.4) is 0 Å². The Morgan fingerprint density at radius 2 is 2.00 bits per heavy atom. The van der Waals surface area contributed by atoms with Gasteiger partial charge >= 0.3 is 5.97 Å². The number of aromatic nitrogens is 2. The maximum absolute atomic E-state index is 12.4. The lowest BCUT2D eigenvalue weighted by atomic mass is 10.0. The van der Waals surface area contributed by atoms with E-state index < -0.39 is 17.1 Å². The number of carboxylic acids is 1. The molecule has 2 aromatic rings. The van der Waals surface area contributed by atoms with Crippen LogP contribution in [0.5, 0.6) is 0 Å². The monoisotopic (exact) mass is 349 g/mol. The number of carbonyl (C=O) groups is 2. The number of fused-ring (bicyclic) bond motifs is 1. The molecule has 0 aliphatic rings. The van der Waals surface area contributed by atoms with Crippen LogP contribution >= 0.6 is 11.8 Å². The van der Waals surface area contributed by atoms with Gasteiger partial charge in [-0.25, -0.2) is 4.98 Å². The van der Waals surface area contributed by atoms with Crippen LogP contribution in [-0.4, -0.2) is 38.3 Å². The number of aliphatic carboxylic acids is 1. The lowest BCUT2D eigenvalue weighted by Crippen LogP contribution is -2.40. The summed E-state index contributed by atoms with van der Waals surface area (Å²) in [6, 6.07) is 7.75. The van der Waals surface area contributed by atoms with Gasteiger partial charge in [-0.15, -0.1) is 0 Å². The van der Waals surface area contributed by atoms with Gasteiger partial charge in [0.2, 0.25) is 5.91 Å². The topological polar surface area (TPSA) is 84.2 Å². The van der Waals surface area contributed by atoms with E-state index in [1.54, 1.807) is 6.92 Å². The van der Waals surface area contributed by atoms with E-state index in [0.717, 1.165) is 11.0 Å². The summed E-state index contributed by atoms with van der Waals surface area (Å²) in [6.45, 7) is 6.79. The van der Waals surface area contributed by atoms with Gasteiger partial charge in [0.25, 0.3) is 0 Å². The van der Waals surface area contributed by atoms with Gasteiger partial charge in [0.15, 0.2) is 5.16 Å². The van der Waals surface area contributed by atoms with Crippen LogP contribution < -0.4 is 5.32 Å². The Morgan fingerprint density at radius 1 is 1.29 bits per heavy atom. The van der Waals surface area contributed by atoms with E-state index >= 15 is 0 Å². The molecule has 0 spiro atoms. The van der Waals surface area contributed by atoms with Crippen molar-refractivity contribution in [2.75, 3.05) is 6.54 Å². The standard InChI is InChI=1S/C17H23N3O3S/c1-4-11(16(22)23)14(15(21)18-5-2)24-17-19-12-9-7-8-10-13(12)20(17)6-3/h7-11,14H,4-6H2,1-3H3,(H,18,21)(H,22,23). The van der Waals surface area contributed by atoms with Crippen molar-refractivity contribution in [1.82, 2.24) is 14.9 Å². The smallest absolute Gasteiger partial charge is 0.308 e. The van der Waals surface area contributed by atoms with Crippen molar-refractivity contribution < 1.29 is 14.7 Å². The first-order valence-electron chi connectivity index (χ1n) is 8.15. The summed E-state index contributed by atoms with van der Waals surface area (Å²) in [5, 5.41) is 12.2. The number of hydrogen-bond acceptors (Lipinski definition) is 4. The number of amides is 1. The van der Waals surface area contributed by atoms with Gasteiger partial charge in [-0.2, -0.15) is 0 Å². The van der Waals surface area contributed by atoms with Gasteiger partial charge in [0.1, 0.15) is 5.25 Å². The third-order valence-electron chi connectivity index (χ3n) is 3.90. The Bertz CT molecular complexity index is 729. The Hall–Kier alpha value is -2.02. The van der Waals surface area contributed by atoms with E-state index in [1.165, 1.54) is 11.8 Å². The number of carboxylic acid groups (broad SMARTS) is 1. The number of benzene rings is 1. The molecule has 6 nitrogen and oxygen atoms in total. The lowest BCUT2D eigenvalue weighted by molar-refractivity contribution is -0.143. The van der Waals surface area contributed by atoms with Gasteiger partial charge in [-0.3, -0.25) is 9.59 Å². The Kier molecular flexibility index (Phi) is 6.25. The van der Waals surface area contributed by atoms with Crippen LogP contribution in [0.1, 0.15) is 27.2 Å². The van der Waals surface area contributed by atoms with E-state index in [-0.39, 0.29) is 5.91 Å². The van der Waals surface area contributed by atoms with Crippen LogP contribution in [0.25, 0.3) is 11.0 Å². The second-order valence-corrected chi connectivity index (χ2v) is 6.52. The quantitative estimate of drug-likeness (QED) is 0.716. The highest BCUT2D eigenvalue weighted by Crippen LogP contribution is 2.32. The third-order valence-corrected chi connectivity index (χ3v) is 5.22. The van der Waals surface area contributed by atoms with Crippen molar-refractivity contribution in [2.45, 2.75) is 44.1 Å². The Morgan fingerprint density at radius 3 is 2.58 bits per heavy atom. The normalized spacial score (nSPS) is 13.6. The van der Waals surface area contributed by atoms with E-state index in [2.05, 4.69) is 10.3 Å². The molecule has 24 heavy (non-hydrogen) atoms. The highest BCUT2D eigenvalue weighted by Gasteiger charge is 2.34. The molecule has 7 heteroatoms. The van der Waals surface area contributed by atoms with Crippen LogP contribution in [0.4, 0.5) is 0 Å². The van der Waals surface area contributed by atoms with E-state index in [0.29, 0.717) is 24.7 Å². The van der Waals surface area contributed by atoms with Crippen molar-refractivity contribution in [1.29, 1.82) is 0 Å². The minimum absolute atomic E-state index is 0.258. The third kappa shape index (κ3) is 3.72. The minimum Gasteiger partial charge on any atom is -0.481 e. The number of imidazole rings is 1. The fourth-order valence-electron chi connectivity index (χ4n) is 2.67. The number of para-hydroxylation sites is 2. The molecular formula is C17H23N3O3S. The summed E-state index contributed by atoms with van der Waals surface area (Å²) in [5.41, 5.74) is 1.83. The number of rotatable bonds is 8. The molecular weight excluding hydrogens is 326 g/mol. The molecule has 0 aliphatic heterocycles. The fourth-order valence-corrected chi connectivity index (χ4v) is 4.07.